The Labute approximate surface area is 193 Å². The summed E-state index contributed by atoms with van der Waals surface area (Å²) in [6.45, 7) is 3.20. The van der Waals surface area contributed by atoms with Crippen LogP contribution in [-0.2, 0) is 29.1 Å². The maximum atomic E-state index is 13.1. The molecule has 0 unspecified atom stereocenters. The van der Waals surface area contributed by atoms with E-state index >= 15 is 0 Å². The van der Waals surface area contributed by atoms with Gasteiger partial charge in [0, 0.05) is 26.2 Å². The van der Waals surface area contributed by atoms with Crippen LogP contribution in [0.5, 0.6) is 5.75 Å². The van der Waals surface area contributed by atoms with E-state index in [-0.39, 0.29) is 54.7 Å². The van der Waals surface area contributed by atoms with E-state index < -0.39 is 15.9 Å². The third kappa shape index (κ3) is 4.84. The van der Waals surface area contributed by atoms with Gasteiger partial charge in [0.15, 0.2) is 6.61 Å². The molecular weight excluding hydrogens is 450 g/mol. The van der Waals surface area contributed by atoms with Crippen molar-refractivity contribution in [1.29, 1.82) is 0 Å². The molecule has 4 rings (SSSR count). The molecule has 0 bridgehead atoms. The summed E-state index contributed by atoms with van der Waals surface area (Å²) >= 11 is 0. The third-order valence-electron chi connectivity index (χ3n) is 6.26. The molecule has 0 aliphatic carbocycles. The number of hydrogen-bond acceptors (Lipinski definition) is 7. The van der Waals surface area contributed by atoms with Gasteiger partial charge >= 0.3 is 5.97 Å². The fourth-order valence-corrected chi connectivity index (χ4v) is 6.02. The summed E-state index contributed by atoms with van der Waals surface area (Å²) in [5.74, 6) is -1.08. The van der Waals surface area contributed by atoms with Gasteiger partial charge in [-0.1, -0.05) is 0 Å². The molecule has 10 nitrogen and oxygen atoms in total. The molecule has 3 aliphatic rings. The fraction of sp³-hybridized carbons (Fsp3) is 0.591. The van der Waals surface area contributed by atoms with E-state index in [1.165, 1.54) is 27.4 Å². The van der Waals surface area contributed by atoms with Crippen molar-refractivity contribution in [2.24, 2.45) is 5.92 Å². The van der Waals surface area contributed by atoms with Crippen LogP contribution in [0.25, 0.3) is 0 Å². The number of benzene rings is 1. The van der Waals surface area contributed by atoms with Crippen LogP contribution >= 0.6 is 0 Å². The number of anilines is 1. The molecule has 0 radical (unpaired) electrons. The van der Waals surface area contributed by atoms with E-state index in [0.717, 1.165) is 12.8 Å². The van der Waals surface area contributed by atoms with Gasteiger partial charge in [-0.3, -0.25) is 19.3 Å². The average Bonchev–Trinajstić information content (AvgIpc) is 3.37. The van der Waals surface area contributed by atoms with Gasteiger partial charge in [-0.2, -0.15) is 4.31 Å². The van der Waals surface area contributed by atoms with Crippen molar-refractivity contribution in [2.75, 3.05) is 50.8 Å². The molecule has 3 aliphatic heterocycles. The summed E-state index contributed by atoms with van der Waals surface area (Å²) in [7, 11) is -3.69. The van der Waals surface area contributed by atoms with Gasteiger partial charge in [0.05, 0.1) is 23.1 Å². The lowest BCUT2D eigenvalue weighted by Crippen LogP contribution is -2.49. The Balaban J connectivity index is 1.53. The molecule has 1 atom stereocenters. The number of nitrogens with zero attached hydrogens (tertiary/aromatic N) is 3. The SMILES string of the molecule is CCOC(=O)[C@H]1CCCN(C(=O)CN2C(=O)COc3ccc(S(=O)(=O)N4CCCC4)cc32)C1. The number of rotatable bonds is 6. The summed E-state index contributed by atoms with van der Waals surface area (Å²) < 4.78 is 38.0. The Hall–Kier alpha value is -2.66. The highest BCUT2D eigenvalue weighted by molar-refractivity contribution is 7.89. The van der Waals surface area contributed by atoms with Crippen molar-refractivity contribution in [1.82, 2.24) is 9.21 Å². The lowest BCUT2D eigenvalue weighted by atomic mass is 9.98. The number of carbonyl (C=O) groups excluding carboxylic acids is 3. The van der Waals surface area contributed by atoms with Crippen LogP contribution in [0.15, 0.2) is 23.1 Å². The molecule has 2 fully saturated rings. The largest absolute Gasteiger partial charge is 0.482 e. The molecule has 0 N–H and O–H groups in total. The van der Waals surface area contributed by atoms with E-state index in [1.54, 1.807) is 11.8 Å². The molecule has 2 amide bonds. The monoisotopic (exact) mass is 479 g/mol. The number of sulfonamides is 1. The van der Waals surface area contributed by atoms with Crippen LogP contribution in [0.1, 0.15) is 32.6 Å². The topological polar surface area (TPSA) is 114 Å². The highest BCUT2D eigenvalue weighted by atomic mass is 32.2. The summed E-state index contributed by atoms with van der Waals surface area (Å²) in [4.78, 5) is 40.7. The number of likely N-dealkylation sites (tertiary alicyclic amines) is 1. The normalized spacial score (nSPS) is 21.5. The van der Waals surface area contributed by atoms with Gasteiger partial charge in [-0.05, 0) is 50.8 Å². The molecule has 2 saturated heterocycles. The predicted octanol–water partition coefficient (Wildman–Crippen LogP) is 0.998. The quantitative estimate of drug-likeness (QED) is 0.559. The number of hydrogen-bond donors (Lipinski definition) is 0. The van der Waals surface area contributed by atoms with Crippen LogP contribution in [0, 0.1) is 5.92 Å². The summed E-state index contributed by atoms with van der Waals surface area (Å²) in [5, 5.41) is 0. The zero-order chi connectivity index (χ0) is 23.6. The molecule has 11 heteroatoms. The number of ether oxygens (including phenoxy) is 2. The first-order valence-corrected chi connectivity index (χ1v) is 12.8. The maximum Gasteiger partial charge on any atom is 0.310 e. The Morgan fingerprint density at radius 2 is 1.91 bits per heavy atom. The van der Waals surface area contributed by atoms with Crippen LogP contribution in [0.3, 0.4) is 0 Å². The Bertz CT molecular complexity index is 1040. The standard InChI is InChI=1S/C22H29N3O7S/c1-2-31-22(28)16-6-5-9-23(13-16)20(26)14-25-18-12-17(7-8-19(18)32-15-21(25)27)33(29,30)24-10-3-4-11-24/h7-8,12,16H,2-6,9-11,13-15H2,1H3/t16-/m0/s1. The molecule has 1 aromatic rings. The van der Waals surface area contributed by atoms with E-state index in [1.807, 2.05) is 0 Å². The smallest absolute Gasteiger partial charge is 0.310 e. The lowest BCUT2D eigenvalue weighted by molar-refractivity contribution is -0.151. The minimum Gasteiger partial charge on any atom is -0.482 e. The van der Waals surface area contributed by atoms with Gasteiger partial charge in [0.25, 0.3) is 5.91 Å². The van der Waals surface area contributed by atoms with Crippen molar-refractivity contribution in [3.8, 4) is 5.75 Å². The van der Waals surface area contributed by atoms with Crippen molar-refractivity contribution < 1.29 is 32.3 Å². The first-order valence-electron chi connectivity index (χ1n) is 11.3. The molecular formula is C22H29N3O7S. The van der Waals surface area contributed by atoms with E-state index in [9.17, 15) is 22.8 Å². The second-order valence-corrected chi connectivity index (χ2v) is 10.4. The van der Waals surface area contributed by atoms with E-state index in [2.05, 4.69) is 0 Å². The predicted molar refractivity (Wildman–Crippen MR) is 118 cm³/mol. The number of piperidine rings is 1. The van der Waals surface area contributed by atoms with Gasteiger partial charge < -0.3 is 14.4 Å². The highest BCUT2D eigenvalue weighted by Gasteiger charge is 2.35. The minimum atomic E-state index is -3.69. The third-order valence-corrected chi connectivity index (χ3v) is 8.16. The fourth-order valence-electron chi connectivity index (χ4n) is 4.48. The number of amides is 2. The van der Waals surface area contributed by atoms with Crippen molar-refractivity contribution in [3.63, 3.8) is 0 Å². The molecule has 1 aromatic carbocycles. The van der Waals surface area contributed by atoms with Crippen LogP contribution in [0.4, 0.5) is 5.69 Å². The Morgan fingerprint density at radius 1 is 1.15 bits per heavy atom. The van der Waals surface area contributed by atoms with Crippen LogP contribution < -0.4 is 9.64 Å². The molecule has 0 aromatic heterocycles. The van der Waals surface area contributed by atoms with Crippen LogP contribution in [0.2, 0.25) is 0 Å². The molecule has 3 heterocycles. The highest BCUT2D eigenvalue weighted by Crippen LogP contribution is 2.35. The first kappa shape index (κ1) is 23.5. The van der Waals surface area contributed by atoms with Crippen molar-refractivity contribution >= 4 is 33.5 Å². The molecule has 180 valence electrons. The summed E-state index contributed by atoms with van der Waals surface area (Å²) in [6.07, 6.45) is 2.95. The van der Waals surface area contributed by atoms with Crippen molar-refractivity contribution in [3.05, 3.63) is 18.2 Å². The maximum absolute atomic E-state index is 13.1. The van der Waals surface area contributed by atoms with Gasteiger partial charge in [0.2, 0.25) is 15.9 Å². The zero-order valence-electron chi connectivity index (χ0n) is 18.7. The van der Waals surface area contributed by atoms with Gasteiger partial charge in [0.1, 0.15) is 12.3 Å². The van der Waals surface area contributed by atoms with Gasteiger partial charge in [-0.25, -0.2) is 8.42 Å². The Morgan fingerprint density at radius 3 is 2.64 bits per heavy atom. The van der Waals surface area contributed by atoms with E-state index in [0.29, 0.717) is 38.2 Å². The zero-order valence-corrected chi connectivity index (χ0v) is 19.5. The summed E-state index contributed by atoms with van der Waals surface area (Å²) in [5.41, 5.74) is 0.263. The molecule has 33 heavy (non-hydrogen) atoms. The van der Waals surface area contributed by atoms with Crippen LogP contribution in [-0.4, -0.2) is 81.3 Å². The molecule has 0 spiro atoms. The average molecular weight is 480 g/mol. The second kappa shape index (κ2) is 9.68. The van der Waals surface area contributed by atoms with Crippen molar-refractivity contribution in [2.45, 2.75) is 37.5 Å². The lowest BCUT2D eigenvalue weighted by Gasteiger charge is -2.35. The molecule has 0 saturated carbocycles. The first-order chi connectivity index (χ1) is 15.8. The number of carbonyl (C=O) groups is 3. The number of fused-ring (bicyclic) bond motifs is 1. The summed E-state index contributed by atoms with van der Waals surface area (Å²) in [6, 6.07) is 4.40. The second-order valence-electron chi connectivity index (χ2n) is 8.44. The minimum absolute atomic E-state index is 0.0687. The Kier molecular flexibility index (Phi) is 6.89. The van der Waals surface area contributed by atoms with E-state index in [4.69, 9.17) is 9.47 Å². The number of esters is 1. The van der Waals surface area contributed by atoms with Gasteiger partial charge in [-0.15, -0.1) is 0 Å².